The highest BCUT2D eigenvalue weighted by atomic mass is 127. The van der Waals surface area contributed by atoms with Crippen LogP contribution in [0.5, 0.6) is 5.88 Å². The third-order valence-corrected chi connectivity index (χ3v) is 4.33. The van der Waals surface area contributed by atoms with E-state index < -0.39 is 0 Å². The predicted molar refractivity (Wildman–Crippen MR) is 115 cm³/mol. The van der Waals surface area contributed by atoms with E-state index >= 15 is 0 Å². The van der Waals surface area contributed by atoms with Crippen molar-refractivity contribution in [2.24, 2.45) is 16.6 Å². The minimum Gasteiger partial charge on any atom is -0.475 e. The van der Waals surface area contributed by atoms with Gasteiger partial charge in [-0.3, -0.25) is 9.79 Å². The highest BCUT2D eigenvalue weighted by Gasteiger charge is 2.23. The first-order valence-corrected chi connectivity index (χ1v) is 8.93. The molecule has 3 N–H and O–H groups in total. The van der Waals surface area contributed by atoms with E-state index in [-0.39, 0.29) is 35.8 Å². The van der Waals surface area contributed by atoms with Gasteiger partial charge in [0.15, 0.2) is 5.96 Å². The van der Waals surface area contributed by atoms with Gasteiger partial charge in [-0.1, -0.05) is 6.07 Å². The summed E-state index contributed by atoms with van der Waals surface area (Å²) in [4.78, 5) is 22.0. The number of rotatable bonds is 8. The monoisotopic (exact) mass is 491 g/mol. The molecule has 9 heteroatoms. The van der Waals surface area contributed by atoms with Crippen molar-refractivity contribution < 1.29 is 14.3 Å². The molecule has 0 bridgehead atoms. The number of likely N-dealkylation sites (tertiary alicyclic amines) is 1. The highest BCUT2D eigenvalue weighted by molar-refractivity contribution is 14.0. The number of carbonyl (C=O) groups excluding carboxylic acids is 1. The Morgan fingerprint density at radius 1 is 1.48 bits per heavy atom. The SMILES string of the molecule is CN=C(NCc1cccnc1OCCOC)N1CCCC(CC(N)=O)C1.I. The molecule has 2 heterocycles. The van der Waals surface area contributed by atoms with Crippen LogP contribution >= 0.6 is 24.0 Å². The maximum absolute atomic E-state index is 11.2. The van der Waals surface area contributed by atoms with Gasteiger partial charge in [0.25, 0.3) is 0 Å². The van der Waals surface area contributed by atoms with E-state index in [9.17, 15) is 4.79 Å². The number of nitrogens with one attached hydrogen (secondary N) is 1. The number of piperidine rings is 1. The molecular weight excluding hydrogens is 461 g/mol. The van der Waals surface area contributed by atoms with Crippen LogP contribution in [-0.4, -0.2) is 62.2 Å². The molecule has 1 fully saturated rings. The first-order valence-electron chi connectivity index (χ1n) is 8.93. The fourth-order valence-electron chi connectivity index (χ4n) is 3.13. The second-order valence-electron chi connectivity index (χ2n) is 6.33. The van der Waals surface area contributed by atoms with Crippen LogP contribution in [0.3, 0.4) is 0 Å². The molecule has 27 heavy (non-hydrogen) atoms. The Balaban J connectivity index is 0.00000364. The molecule has 1 amide bonds. The summed E-state index contributed by atoms with van der Waals surface area (Å²) < 4.78 is 10.7. The van der Waals surface area contributed by atoms with E-state index in [4.69, 9.17) is 15.2 Å². The third kappa shape index (κ3) is 7.87. The van der Waals surface area contributed by atoms with Crippen LogP contribution in [0, 0.1) is 5.92 Å². The fraction of sp³-hybridized carbons (Fsp3) is 0.611. The number of methoxy groups -OCH3 is 1. The van der Waals surface area contributed by atoms with Crippen molar-refractivity contribution in [2.75, 3.05) is 40.5 Å². The molecule has 0 radical (unpaired) electrons. The Morgan fingerprint density at radius 3 is 3.00 bits per heavy atom. The summed E-state index contributed by atoms with van der Waals surface area (Å²) in [5.41, 5.74) is 6.30. The summed E-state index contributed by atoms with van der Waals surface area (Å²) in [7, 11) is 3.40. The molecule has 1 aromatic rings. The van der Waals surface area contributed by atoms with Gasteiger partial charge in [-0.05, 0) is 24.8 Å². The molecule has 152 valence electrons. The van der Waals surface area contributed by atoms with Gasteiger partial charge in [0.2, 0.25) is 11.8 Å². The Bertz CT molecular complexity index is 614. The molecule has 0 spiro atoms. The normalized spacial score (nSPS) is 17.2. The Kier molecular flexibility index (Phi) is 11.0. The number of ether oxygens (including phenoxy) is 2. The lowest BCUT2D eigenvalue weighted by atomic mass is 9.95. The predicted octanol–water partition coefficient (Wildman–Crippen LogP) is 1.39. The van der Waals surface area contributed by atoms with Gasteiger partial charge in [-0.15, -0.1) is 24.0 Å². The Morgan fingerprint density at radius 2 is 2.30 bits per heavy atom. The van der Waals surface area contributed by atoms with E-state index in [1.54, 1.807) is 20.4 Å². The van der Waals surface area contributed by atoms with E-state index in [0.717, 1.165) is 37.5 Å². The van der Waals surface area contributed by atoms with Crippen molar-refractivity contribution in [2.45, 2.75) is 25.8 Å². The van der Waals surface area contributed by atoms with Gasteiger partial charge in [-0.25, -0.2) is 4.98 Å². The molecule has 0 saturated carbocycles. The summed E-state index contributed by atoms with van der Waals surface area (Å²) in [5.74, 6) is 1.45. The maximum Gasteiger partial charge on any atom is 0.218 e. The number of aromatic nitrogens is 1. The molecule has 2 rings (SSSR count). The van der Waals surface area contributed by atoms with Gasteiger partial charge >= 0.3 is 0 Å². The second kappa shape index (κ2) is 12.7. The molecule has 1 saturated heterocycles. The van der Waals surface area contributed by atoms with Crippen molar-refractivity contribution in [1.29, 1.82) is 0 Å². The van der Waals surface area contributed by atoms with Gasteiger partial charge in [0.1, 0.15) is 6.61 Å². The van der Waals surface area contributed by atoms with Crippen LogP contribution in [-0.2, 0) is 16.1 Å². The standard InChI is InChI=1S/C18H29N5O3.HI/c1-20-18(23-8-4-5-14(13-23)11-16(19)24)22-12-15-6-3-7-21-17(15)26-10-9-25-2;/h3,6-7,14H,4-5,8-13H2,1-2H3,(H2,19,24)(H,20,22);1H. The minimum absolute atomic E-state index is 0. The smallest absolute Gasteiger partial charge is 0.218 e. The number of nitrogens with two attached hydrogens (primary N) is 1. The number of hydrogen-bond acceptors (Lipinski definition) is 5. The van der Waals surface area contributed by atoms with Crippen LogP contribution in [0.15, 0.2) is 23.3 Å². The van der Waals surface area contributed by atoms with Gasteiger partial charge in [0.05, 0.1) is 6.61 Å². The number of carbonyl (C=O) groups is 1. The first-order chi connectivity index (χ1) is 12.6. The molecular formula is C18H30IN5O3. The number of hydrogen-bond donors (Lipinski definition) is 2. The second-order valence-corrected chi connectivity index (χ2v) is 6.33. The van der Waals surface area contributed by atoms with Crippen molar-refractivity contribution in [3.05, 3.63) is 23.9 Å². The van der Waals surface area contributed by atoms with Gasteiger partial charge in [-0.2, -0.15) is 0 Å². The van der Waals surface area contributed by atoms with E-state index in [1.165, 1.54) is 0 Å². The molecule has 1 unspecified atom stereocenters. The van der Waals surface area contributed by atoms with Crippen LogP contribution in [0.4, 0.5) is 0 Å². The summed E-state index contributed by atoms with van der Waals surface area (Å²) in [6.45, 7) is 3.22. The molecule has 0 aromatic carbocycles. The molecule has 0 aliphatic carbocycles. The molecule has 8 nitrogen and oxygen atoms in total. The topological polar surface area (TPSA) is 102 Å². The van der Waals surface area contributed by atoms with E-state index in [1.807, 2.05) is 12.1 Å². The third-order valence-electron chi connectivity index (χ3n) is 4.33. The number of nitrogens with zero attached hydrogens (tertiary/aromatic N) is 3. The minimum atomic E-state index is -0.243. The number of aliphatic imine (C=N–C) groups is 1. The number of primary amides is 1. The molecule has 1 aliphatic rings. The number of halogens is 1. The zero-order valence-corrected chi connectivity index (χ0v) is 18.3. The zero-order chi connectivity index (χ0) is 18.8. The fourth-order valence-corrected chi connectivity index (χ4v) is 3.13. The lowest BCUT2D eigenvalue weighted by molar-refractivity contribution is -0.119. The number of pyridine rings is 1. The van der Waals surface area contributed by atoms with E-state index in [0.29, 0.717) is 32.1 Å². The number of guanidine groups is 1. The lowest BCUT2D eigenvalue weighted by Gasteiger charge is -2.34. The van der Waals surface area contributed by atoms with Crippen LogP contribution in [0.1, 0.15) is 24.8 Å². The first kappa shape index (κ1) is 23.4. The van der Waals surface area contributed by atoms with Crippen LogP contribution in [0.2, 0.25) is 0 Å². The molecule has 1 atom stereocenters. The summed E-state index contributed by atoms with van der Waals surface area (Å²) in [6.07, 6.45) is 4.18. The highest BCUT2D eigenvalue weighted by Crippen LogP contribution is 2.20. The van der Waals surface area contributed by atoms with E-state index in [2.05, 4.69) is 20.2 Å². The number of amides is 1. The van der Waals surface area contributed by atoms with Crippen LogP contribution in [0.25, 0.3) is 0 Å². The summed E-state index contributed by atoms with van der Waals surface area (Å²) in [6, 6.07) is 3.86. The van der Waals surface area contributed by atoms with Crippen molar-refractivity contribution >= 4 is 35.8 Å². The summed E-state index contributed by atoms with van der Waals surface area (Å²) in [5, 5.41) is 3.37. The van der Waals surface area contributed by atoms with Crippen molar-refractivity contribution in [3.63, 3.8) is 0 Å². The quantitative estimate of drug-likeness (QED) is 0.247. The van der Waals surface area contributed by atoms with Crippen LogP contribution < -0.4 is 15.8 Å². The zero-order valence-electron chi connectivity index (χ0n) is 16.0. The largest absolute Gasteiger partial charge is 0.475 e. The average Bonchev–Trinajstić information content (AvgIpc) is 2.63. The van der Waals surface area contributed by atoms with Crippen molar-refractivity contribution in [1.82, 2.24) is 15.2 Å². The molecule has 1 aromatic heterocycles. The Labute approximate surface area is 177 Å². The Hall–Kier alpha value is -1.62. The summed E-state index contributed by atoms with van der Waals surface area (Å²) >= 11 is 0. The average molecular weight is 491 g/mol. The van der Waals surface area contributed by atoms with Gasteiger partial charge in [0, 0.05) is 52.0 Å². The van der Waals surface area contributed by atoms with Gasteiger partial charge < -0.3 is 25.4 Å². The van der Waals surface area contributed by atoms with Crippen molar-refractivity contribution in [3.8, 4) is 5.88 Å². The maximum atomic E-state index is 11.2. The molecule has 1 aliphatic heterocycles. The lowest BCUT2D eigenvalue weighted by Crippen LogP contribution is -2.46.